The summed E-state index contributed by atoms with van der Waals surface area (Å²) in [5.41, 5.74) is 6.02. The lowest BCUT2D eigenvalue weighted by Crippen LogP contribution is -2.28. The van der Waals surface area contributed by atoms with E-state index in [1.165, 1.54) is 6.20 Å². The highest BCUT2D eigenvalue weighted by atomic mass is 15.2. The third-order valence-corrected chi connectivity index (χ3v) is 1.91. The number of nitrogens with two attached hydrogens (primary N) is 1. The fourth-order valence-corrected chi connectivity index (χ4v) is 1.04. The Labute approximate surface area is 82.9 Å². The van der Waals surface area contributed by atoms with Crippen LogP contribution in [0.4, 0.5) is 5.82 Å². The molecule has 1 unspecified atom stereocenters. The molecular weight excluding hydrogens is 178 g/mol. The van der Waals surface area contributed by atoms with E-state index in [1.54, 1.807) is 6.07 Å². The second-order valence-corrected chi connectivity index (χ2v) is 2.93. The fourth-order valence-electron chi connectivity index (χ4n) is 1.04. The van der Waals surface area contributed by atoms with Gasteiger partial charge in [-0.3, -0.25) is 0 Å². The summed E-state index contributed by atoms with van der Waals surface area (Å²) in [6.07, 6.45) is 2.34. The minimum absolute atomic E-state index is 0.179. The van der Waals surface area contributed by atoms with Gasteiger partial charge in [0.15, 0.2) is 0 Å². The minimum atomic E-state index is 0.179. The molecule has 1 heterocycles. The Morgan fingerprint density at radius 2 is 2.50 bits per heavy atom. The van der Waals surface area contributed by atoms with Crippen LogP contribution in [0.15, 0.2) is 12.3 Å². The monoisotopic (exact) mass is 191 g/mol. The first kappa shape index (κ1) is 10.4. The summed E-state index contributed by atoms with van der Waals surface area (Å²) >= 11 is 0. The molecule has 5 nitrogen and oxygen atoms in total. The van der Waals surface area contributed by atoms with Gasteiger partial charge in [0, 0.05) is 18.7 Å². The molecule has 0 aliphatic carbocycles. The van der Waals surface area contributed by atoms with Crippen LogP contribution in [0, 0.1) is 11.3 Å². The molecule has 14 heavy (non-hydrogen) atoms. The molecule has 3 N–H and O–H groups in total. The number of anilines is 1. The van der Waals surface area contributed by atoms with E-state index in [2.05, 4.69) is 15.5 Å². The molecule has 1 atom stereocenters. The van der Waals surface area contributed by atoms with Crippen molar-refractivity contribution in [2.75, 3.05) is 11.9 Å². The lowest BCUT2D eigenvalue weighted by atomic mass is 10.2. The van der Waals surface area contributed by atoms with Gasteiger partial charge in [0.05, 0.1) is 11.8 Å². The molecule has 0 aromatic carbocycles. The largest absolute Gasteiger partial charge is 0.365 e. The zero-order chi connectivity index (χ0) is 10.4. The molecule has 0 spiro atoms. The zero-order valence-electron chi connectivity index (χ0n) is 8.07. The molecule has 0 fully saturated rings. The van der Waals surface area contributed by atoms with Gasteiger partial charge in [-0.1, -0.05) is 6.92 Å². The van der Waals surface area contributed by atoms with Crippen LogP contribution in [-0.2, 0) is 0 Å². The van der Waals surface area contributed by atoms with Crippen LogP contribution in [0.2, 0.25) is 0 Å². The number of nitrogens with one attached hydrogen (secondary N) is 1. The maximum Gasteiger partial charge on any atom is 0.150 e. The van der Waals surface area contributed by atoms with Crippen molar-refractivity contribution in [2.24, 2.45) is 5.73 Å². The SMILES string of the molecule is CCC(CN)Nc1cc(C#N)cnn1. The summed E-state index contributed by atoms with van der Waals surface area (Å²) in [6, 6.07) is 3.84. The molecule has 0 aliphatic rings. The molecule has 74 valence electrons. The maximum atomic E-state index is 8.64. The van der Waals surface area contributed by atoms with E-state index < -0.39 is 0 Å². The van der Waals surface area contributed by atoms with Crippen molar-refractivity contribution in [3.63, 3.8) is 0 Å². The lowest BCUT2D eigenvalue weighted by Gasteiger charge is -2.14. The minimum Gasteiger partial charge on any atom is -0.365 e. The summed E-state index contributed by atoms with van der Waals surface area (Å²) in [6.45, 7) is 2.57. The van der Waals surface area contributed by atoms with Crippen molar-refractivity contribution in [3.8, 4) is 6.07 Å². The first-order valence-electron chi connectivity index (χ1n) is 4.49. The topological polar surface area (TPSA) is 87.6 Å². The molecule has 0 aliphatic heterocycles. The molecule has 5 heteroatoms. The molecule has 1 rings (SSSR count). The predicted octanol–water partition coefficient (Wildman–Crippen LogP) is 0.497. The standard InChI is InChI=1S/C9H13N5/c1-2-8(5-11)13-9-3-7(4-10)6-12-14-9/h3,6,8H,2,5,11H2,1H3,(H,13,14). The predicted molar refractivity (Wildman–Crippen MR) is 53.5 cm³/mol. The van der Waals surface area contributed by atoms with Gasteiger partial charge in [0.1, 0.15) is 11.9 Å². The van der Waals surface area contributed by atoms with Crippen LogP contribution >= 0.6 is 0 Å². The maximum absolute atomic E-state index is 8.64. The smallest absolute Gasteiger partial charge is 0.150 e. The molecule has 1 aromatic rings. The molecule has 1 aromatic heterocycles. The average molecular weight is 191 g/mol. The van der Waals surface area contributed by atoms with E-state index in [0.29, 0.717) is 17.9 Å². The summed E-state index contributed by atoms with van der Waals surface area (Å²) in [5, 5.41) is 19.3. The van der Waals surface area contributed by atoms with Crippen LogP contribution in [0.3, 0.4) is 0 Å². The van der Waals surface area contributed by atoms with E-state index in [9.17, 15) is 0 Å². The Morgan fingerprint density at radius 1 is 1.71 bits per heavy atom. The third kappa shape index (κ3) is 2.68. The van der Waals surface area contributed by atoms with Gasteiger partial charge < -0.3 is 11.1 Å². The van der Waals surface area contributed by atoms with Crippen LogP contribution in [-0.4, -0.2) is 22.8 Å². The zero-order valence-corrected chi connectivity index (χ0v) is 8.07. The average Bonchev–Trinajstić information content (AvgIpc) is 2.26. The van der Waals surface area contributed by atoms with Crippen LogP contribution in [0.25, 0.3) is 0 Å². The summed E-state index contributed by atoms with van der Waals surface area (Å²) in [5.74, 6) is 0.598. The van der Waals surface area contributed by atoms with Gasteiger partial charge in [-0.2, -0.15) is 10.4 Å². The van der Waals surface area contributed by atoms with Crippen molar-refractivity contribution in [3.05, 3.63) is 17.8 Å². The summed E-state index contributed by atoms with van der Waals surface area (Å²) in [4.78, 5) is 0. The highest BCUT2D eigenvalue weighted by Gasteiger charge is 2.04. The van der Waals surface area contributed by atoms with Gasteiger partial charge >= 0.3 is 0 Å². The van der Waals surface area contributed by atoms with Crippen molar-refractivity contribution in [1.82, 2.24) is 10.2 Å². The number of hydrogen-bond acceptors (Lipinski definition) is 5. The number of rotatable bonds is 4. The van der Waals surface area contributed by atoms with Crippen molar-refractivity contribution in [1.29, 1.82) is 5.26 Å². The highest BCUT2D eigenvalue weighted by molar-refractivity contribution is 5.41. The van der Waals surface area contributed by atoms with E-state index >= 15 is 0 Å². The Bertz CT molecular complexity index is 326. The Balaban J connectivity index is 2.72. The van der Waals surface area contributed by atoms with Gasteiger partial charge in [-0.25, -0.2) is 0 Å². The van der Waals surface area contributed by atoms with Crippen molar-refractivity contribution < 1.29 is 0 Å². The quantitative estimate of drug-likeness (QED) is 0.723. The number of nitrogens with zero attached hydrogens (tertiary/aromatic N) is 3. The second kappa shape index (κ2) is 5.14. The first-order chi connectivity index (χ1) is 6.80. The molecule has 0 bridgehead atoms. The number of nitriles is 1. The van der Waals surface area contributed by atoms with Gasteiger partial charge in [0.2, 0.25) is 0 Å². The number of hydrogen-bond donors (Lipinski definition) is 2. The van der Waals surface area contributed by atoms with E-state index in [0.717, 1.165) is 6.42 Å². The Morgan fingerprint density at radius 3 is 3.07 bits per heavy atom. The van der Waals surface area contributed by atoms with Gasteiger partial charge in [-0.15, -0.1) is 5.10 Å². The van der Waals surface area contributed by atoms with Crippen LogP contribution in [0.1, 0.15) is 18.9 Å². The molecular formula is C9H13N5. The van der Waals surface area contributed by atoms with Gasteiger partial charge in [0.25, 0.3) is 0 Å². The van der Waals surface area contributed by atoms with Crippen LogP contribution in [0.5, 0.6) is 0 Å². The Hall–Kier alpha value is -1.67. The van der Waals surface area contributed by atoms with E-state index in [1.807, 2.05) is 13.0 Å². The summed E-state index contributed by atoms with van der Waals surface area (Å²) in [7, 11) is 0. The molecule has 0 amide bonds. The first-order valence-corrected chi connectivity index (χ1v) is 4.49. The molecule has 0 saturated heterocycles. The van der Waals surface area contributed by atoms with Crippen LogP contribution < -0.4 is 11.1 Å². The third-order valence-electron chi connectivity index (χ3n) is 1.91. The van der Waals surface area contributed by atoms with E-state index in [4.69, 9.17) is 11.0 Å². The van der Waals surface area contributed by atoms with Crippen molar-refractivity contribution in [2.45, 2.75) is 19.4 Å². The fraction of sp³-hybridized carbons (Fsp3) is 0.444. The second-order valence-electron chi connectivity index (χ2n) is 2.93. The lowest BCUT2D eigenvalue weighted by molar-refractivity contribution is 0.697. The van der Waals surface area contributed by atoms with E-state index in [-0.39, 0.29) is 6.04 Å². The summed E-state index contributed by atoms with van der Waals surface area (Å²) < 4.78 is 0. The highest BCUT2D eigenvalue weighted by Crippen LogP contribution is 2.06. The van der Waals surface area contributed by atoms with Gasteiger partial charge in [-0.05, 0) is 6.42 Å². The molecule has 0 radical (unpaired) electrons. The van der Waals surface area contributed by atoms with Crippen molar-refractivity contribution >= 4 is 5.82 Å². The Kier molecular flexibility index (Phi) is 3.83. The number of aromatic nitrogens is 2. The molecule has 0 saturated carbocycles. The normalized spacial score (nSPS) is 11.8.